The molecule has 6 nitrogen and oxygen atoms in total. The number of carbonyl (C=O) groups is 2. The van der Waals surface area contributed by atoms with E-state index in [4.69, 9.17) is 5.11 Å². The van der Waals surface area contributed by atoms with E-state index in [1.165, 1.54) is 12.1 Å². The van der Waals surface area contributed by atoms with Gasteiger partial charge in [-0.25, -0.2) is 13.2 Å². The van der Waals surface area contributed by atoms with Crippen molar-refractivity contribution in [2.75, 3.05) is 31.6 Å². The molecule has 1 aliphatic heterocycles. The number of aliphatic hydroxyl groups excluding tert-OH is 1. The van der Waals surface area contributed by atoms with Gasteiger partial charge in [0.05, 0.1) is 0 Å². The third-order valence-electron chi connectivity index (χ3n) is 5.01. The summed E-state index contributed by atoms with van der Waals surface area (Å²) >= 11 is 0. The van der Waals surface area contributed by atoms with Crippen molar-refractivity contribution in [2.24, 2.45) is 5.41 Å². The number of amides is 2. The van der Waals surface area contributed by atoms with Gasteiger partial charge < -0.3 is 21.1 Å². The highest BCUT2D eigenvalue weighted by atomic mass is 19.2. The summed E-state index contributed by atoms with van der Waals surface area (Å²) in [4.78, 5) is 20.3. The Morgan fingerprint density at radius 2 is 1.55 bits per heavy atom. The minimum atomic E-state index is -1.02. The summed E-state index contributed by atoms with van der Waals surface area (Å²) in [6, 6.07) is 8.30. The van der Waals surface area contributed by atoms with Crippen LogP contribution in [-0.2, 0) is 9.59 Å². The van der Waals surface area contributed by atoms with Crippen LogP contribution in [-0.4, -0.2) is 44.2 Å². The Balaban J connectivity index is 0.000000758. The standard InChI is InChI=1S/C17H15F3N2O.C5H11NO2.C5H12.C2H6/c18-11-3-1-2-10(4-11)13-7-21-8-14(13)12-5-15(19)16(20)6-17(12)22-9-23;7-4-2-1-3-6-5-8;1-5(2,3)4;1-2/h1-6,9,13-14,21H,7-8H2,(H,22,23);5,7H,1-4H2,(H,6,8);1-4H3;1-2H3. The number of rotatable bonds is 9. The molecule has 1 saturated heterocycles. The number of aliphatic hydroxyl groups is 1. The summed E-state index contributed by atoms with van der Waals surface area (Å²) in [6.45, 7) is 14.7. The van der Waals surface area contributed by atoms with Crippen LogP contribution in [0.4, 0.5) is 18.9 Å². The van der Waals surface area contributed by atoms with Gasteiger partial charge in [0.1, 0.15) is 5.82 Å². The highest BCUT2D eigenvalue weighted by molar-refractivity contribution is 5.74. The highest BCUT2D eigenvalue weighted by Gasteiger charge is 2.32. The maximum absolute atomic E-state index is 13.7. The molecule has 4 N–H and O–H groups in total. The molecule has 0 saturated carbocycles. The number of anilines is 1. The first kappa shape index (κ1) is 35.1. The first-order valence-corrected chi connectivity index (χ1v) is 12.9. The van der Waals surface area contributed by atoms with Gasteiger partial charge in [0.2, 0.25) is 12.8 Å². The van der Waals surface area contributed by atoms with Crippen LogP contribution < -0.4 is 16.0 Å². The van der Waals surface area contributed by atoms with E-state index in [0.717, 1.165) is 30.5 Å². The number of hydrogen-bond acceptors (Lipinski definition) is 4. The zero-order valence-electron chi connectivity index (χ0n) is 23.4. The van der Waals surface area contributed by atoms with Crippen LogP contribution in [0.25, 0.3) is 0 Å². The highest BCUT2D eigenvalue weighted by Crippen LogP contribution is 2.39. The summed E-state index contributed by atoms with van der Waals surface area (Å²) in [5, 5.41) is 16.3. The van der Waals surface area contributed by atoms with E-state index in [0.29, 0.717) is 43.4 Å². The van der Waals surface area contributed by atoms with E-state index in [-0.39, 0.29) is 29.9 Å². The number of unbranched alkanes of at least 4 members (excludes halogenated alkanes) is 1. The van der Waals surface area contributed by atoms with Gasteiger partial charge >= 0.3 is 0 Å². The maximum atomic E-state index is 13.7. The summed E-state index contributed by atoms with van der Waals surface area (Å²) in [6.07, 6.45) is 2.71. The summed E-state index contributed by atoms with van der Waals surface area (Å²) in [5.41, 5.74) is 2.01. The predicted octanol–water partition coefficient (Wildman–Crippen LogP) is 5.73. The van der Waals surface area contributed by atoms with Gasteiger partial charge in [0.25, 0.3) is 0 Å². The predicted molar refractivity (Wildman–Crippen MR) is 148 cm³/mol. The molecule has 3 rings (SSSR count). The van der Waals surface area contributed by atoms with E-state index in [1.54, 1.807) is 12.1 Å². The molecular weight excluding hydrogens is 495 g/mol. The molecular formula is C29H44F3N3O3. The fourth-order valence-corrected chi connectivity index (χ4v) is 3.55. The Hall–Kier alpha value is -2.91. The fraction of sp³-hybridized carbons (Fsp3) is 0.517. The first-order valence-electron chi connectivity index (χ1n) is 12.9. The lowest BCUT2D eigenvalue weighted by Crippen LogP contribution is -2.13. The van der Waals surface area contributed by atoms with Gasteiger partial charge in [-0.3, -0.25) is 9.59 Å². The van der Waals surface area contributed by atoms with Gasteiger partial charge in [0, 0.05) is 49.8 Å². The van der Waals surface area contributed by atoms with Crippen LogP contribution in [0.15, 0.2) is 36.4 Å². The molecule has 2 unspecified atom stereocenters. The molecule has 0 bridgehead atoms. The molecule has 2 amide bonds. The first-order chi connectivity index (χ1) is 18.0. The van der Waals surface area contributed by atoms with Gasteiger partial charge in [-0.2, -0.15) is 0 Å². The SMILES string of the molecule is CC.CC(C)(C)C.O=CNCCCCO.O=CNc1cc(F)c(F)cc1C1CNCC1c1cccc(F)c1. The van der Waals surface area contributed by atoms with E-state index in [1.807, 2.05) is 13.8 Å². The number of halogens is 3. The molecule has 0 aliphatic carbocycles. The molecule has 1 aliphatic rings. The van der Waals surface area contributed by atoms with Crippen molar-refractivity contribution >= 4 is 18.5 Å². The summed E-state index contributed by atoms with van der Waals surface area (Å²) in [7, 11) is 0. The second kappa shape index (κ2) is 19.2. The fourth-order valence-electron chi connectivity index (χ4n) is 3.55. The minimum absolute atomic E-state index is 0.0947. The molecule has 0 aromatic heterocycles. The van der Waals surface area contributed by atoms with Crippen molar-refractivity contribution in [3.8, 4) is 0 Å². The topological polar surface area (TPSA) is 90.5 Å². The van der Waals surface area contributed by atoms with Gasteiger partial charge in [-0.05, 0) is 47.6 Å². The van der Waals surface area contributed by atoms with E-state index in [9.17, 15) is 22.8 Å². The van der Waals surface area contributed by atoms with Crippen LogP contribution in [0, 0.1) is 22.9 Å². The number of nitrogens with one attached hydrogen (secondary N) is 3. The van der Waals surface area contributed by atoms with Crippen molar-refractivity contribution in [2.45, 2.75) is 66.2 Å². The molecule has 1 fully saturated rings. The lowest BCUT2D eigenvalue weighted by Gasteiger charge is -2.22. The largest absolute Gasteiger partial charge is 0.396 e. The van der Waals surface area contributed by atoms with Gasteiger partial charge in [-0.1, -0.05) is 53.7 Å². The molecule has 2 aromatic rings. The quantitative estimate of drug-likeness (QED) is 0.242. The third-order valence-corrected chi connectivity index (χ3v) is 5.01. The van der Waals surface area contributed by atoms with Crippen molar-refractivity contribution in [1.29, 1.82) is 0 Å². The Morgan fingerprint density at radius 1 is 0.947 bits per heavy atom. The van der Waals surface area contributed by atoms with Crippen molar-refractivity contribution < 1.29 is 27.9 Å². The Morgan fingerprint density at radius 3 is 2.11 bits per heavy atom. The van der Waals surface area contributed by atoms with Crippen LogP contribution >= 0.6 is 0 Å². The van der Waals surface area contributed by atoms with Crippen molar-refractivity contribution in [3.63, 3.8) is 0 Å². The maximum Gasteiger partial charge on any atom is 0.211 e. The molecule has 0 spiro atoms. The normalized spacial score (nSPS) is 15.9. The molecule has 9 heteroatoms. The molecule has 2 atom stereocenters. The second-order valence-corrected chi connectivity index (χ2v) is 10.0. The Bertz CT molecular complexity index is 946. The average Bonchev–Trinajstić information content (AvgIpc) is 3.35. The Labute approximate surface area is 225 Å². The smallest absolute Gasteiger partial charge is 0.211 e. The van der Waals surface area contributed by atoms with Crippen LogP contribution in [0.3, 0.4) is 0 Å². The van der Waals surface area contributed by atoms with E-state index >= 15 is 0 Å². The second-order valence-electron chi connectivity index (χ2n) is 10.0. The third kappa shape index (κ3) is 14.1. The van der Waals surface area contributed by atoms with Crippen molar-refractivity contribution in [3.05, 3.63) is 65.0 Å². The number of hydrogen-bond donors (Lipinski definition) is 4. The zero-order valence-corrected chi connectivity index (χ0v) is 23.4. The van der Waals surface area contributed by atoms with E-state index < -0.39 is 11.6 Å². The molecule has 38 heavy (non-hydrogen) atoms. The van der Waals surface area contributed by atoms with E-state index in [2.05, 4.69) is 43.6 Å². The zero-order chi connectivity index (χ0) is 29.1. The van der Waals surface area contributed by atoms with Crippen LogP contribution in [0.1, 0.15) is 77.3 Å². The van der Waals surface area contributed by atoms with Gasteiger partial charge in [-0.15, -0.1) is 0 Å². The lowest BCUT2D eigenvalue weighted by molar-refractivity contribution is -0.109. The average molecular weight is 540 g/mol. The van der Waals surface area contributed by atoms with Crippen LogP contribution in [0.2, 0.25) is 0 Å². The number of benzene rings is 2. The lowest BCUT2D eigenvalue weighted by atomic mass is 9.83. The van der Waals surface area contributed by atoms with Crippen LogP contribution in [0.5, 0.6) is 0 Å². The monoisotopic (exact) mass is 539 g/mol. The van der Waals surface area contributed by atoms with Gasteiger partial charge in [0.15, 0.2) is 11.6 Å². The molecule has 1 heterocycles. The number of carbonyl (C=O) groups excluding carboxylic acids is 2. The molecule has 0 radical (unpaired) electrons. The molecule has 214 valence electrons. The summed E-state index contributed by atoms with van der Waals surface area (Å²) in [5.74, 6) is -2.63. The van der Waals surface area contributed by atoms with Crippen molar-refractivity contribution in [1.82, 2.24) is 10.6 Å². The molecule has 2 aromatic carbocycles. The Kier molecular flexibility index (Phi) is 17.7. The summed E-state index contributed by atoms with van der Waals surface area (Å²) < 4.78 is 40.6. The minimum Gasteiger partial charge on any atom is -0.396 e.